The summed E-state index contributed by atoms with van der Waals surface area (Å²) in [7, 11) is 0. The van der Waals surface area contributed by atoms with Crippen LogP contribution in [-0.4, -0.2) is 45.1 Å². The normalized spacial score (nSPS) is 15.0. The molecular formula is C25H22BrF4N5O2. The van der Waals surface area contributed by atoms with E-state index in [1.165, 1.54) is 11.0 Å². The van der Waals surface area contributed by atoms with Gasteiger partial charge in [0.15, 0.2) is 0 Å². The molecule has 194 valence electrons. The lowest BCUT2D eigenvalue weighted by atomic mass is 10.0. The molecule has 0 saturated carbocycles. The number of benzene rings is 2. The molecule has 1 aliphatic heterocycles. The zero-order valence-corrected chi connectivity index (χ0v) is 21.2. The summed E-state index contributed by atoms with van der Waals surface area (Å²) in [5.41, 5.74) is 1.07. The quantitative estimate of drug-likeness (QED) is 0.240. The monoisotopic (exact) mass is 579 g/mol. The molecule has 37 heavy (non-hydrogen) atoms. The lowest BCUT2D eigenvalue weighted by Gasteiger charge is -2.20. The summed E-state index contributed by atoms with van der Waals surface area (Å²) in [4.78, 5) is 33.7. The highest BCUT2D eigenvalue weighted by atomic mass is 79.9. The Balaban J connectivity index is 1.64. The molecule has 1 amide bonds. The van der Waals surface area contributed by atoms with Gasteiger partial charge in [0.1, 0.15) is 23.8 Å². The van der Waals surface area contributed by atoms with Crippen molar-refractivity contribution in [2.24, 2.45) is 0 Å². The Morgan fingerprint density at radius 1 is 1.14 bits per heavy atom. The summed E-state index contributed by atoms with van der Waals surface area (Å²) >= 11 is 3.11. The van der Waals surface area contributed by atoms with Crippen LogP contribution in [0.1, 0.15) is 40.0 Å². The average molecular weight is 580 g/mol. The number of alkyl halides is 5. The first-order chi connectivity index (χ1) is 17.6. The average Bonchev–Trinajstić information content (AvgIpc) is 3.10. The first kappa shape index (κ1) is 26.5. The molecule has 2 N–H and O–H groups in total. The Morgan fingerprint density at radius 3 is 2.51 bits per heavy atom. The number of hydrogen-bond donors (Lipinski definition) is 2. The summed E-state index contributed by atoms with van der Waals surface area (Å²) in [6, 6.07) is 11.1. The molecule has 0 bridgehead atoms. The van der Waals surface area contributed by atoms with E-state index < -0.39 is 36.2 Å². The molecule has 3 aromatic rings. The summed E-state index contributed by atoms with van der Waals surface area (Å²) in [5, 5.41) is 5.76. The molecule has 0 aliphatic carbocycles. The van der Waals surface area contributed by atoms with E-state index in [2.05, 4.69) is 36.5 Å². The number of nitrogens with one attached hydrogen (secondary N) is 2. The van der Waals surface area contributed by atoms with Crippen LogP contribution in [-0.2, 0) is 17.4 Å². The number of halogens is 5. The summed E-state index contributed by atoms with van der Waals surface area (Å²) in [6.07, 6.45) is -3.86. The molecule has 1 unspecified atom stereocenters. The van der Waals surface area contributed by atoms with E-state index in [4.69, 9.17) is 0 Å². The molecular weight excluding hydrogens is 558 g/mol. The van der Waals surface area contributed by atoms with Crippen LogP contribution in [0.5, 0.6) is 0 Å². The van der Waals surface area contributed by atoms with Gasteiger partial charge in [0.25, 0.3) is 5.91 Å². The maximum atomic E-state index is 13.8. The van der Waals surface area contributed by atoms with Crippen molar-refractivity contribution in [3.05, 3.63) is 70.9 Å². The molecule has 0 saturated heterocycles. The lowest BCUT2D eigenvalue weighted by molar-refractivity contribution is -0.137. The smallest absolute Gasteiger partial charge is 0.339 e. The maximum Gasteiger partial charge on any atom is 0.421 e. The molecule has 2 aromatic carbocycles. The van der Waals surface area contributed by atoms with Crippen molar-refractivity contribution in [1.82, 2.24) is 14.9 Å². The van der Waals surface area contributed by atoms with Gasteiger partial charge in [-0.1, -0.05) is 40.2 Å². The van der Waals surface area contributed by atoms with Crippen LogP contribution in [0.4, 0.5) is 40.7 Å². The molecule has 7 nitrogen and oxygen atoms in total. The Hall–Kier alpha value is -3.54. The van der Waals surface area contributed by atoms with Gasteiger partial charge in [0, 0.05) is 24.8 Å². The molecule has 4 rings (SSSR count). The van der Waals surface area contributed by atoms with Crippen LogP contribution in [0, 0.1) is 0 Å². The zero-order valence-electron chi connectivity index (χ0n) is 19.6. The van der Waals surface area contributed by atoms with E-state index in [0.717, 1.165) is 5.56 Å². The highest BCUT2D eigenvalue weighted by Gasteiger charge is 2.38. The number of nitrogens with zero attached hydrogens (tertiary/aromatic N) is 3. The number of carbonyl (C=O) groups excluding carboxylic acids is 2. The van der Waals surface area contributed by atoms with E-state index >= 15 is 0 Å². The van der Waals surface area contributed by atoms with Crippen LogP contribution in [0.2, 0.25) is 0 Å². The number of carbonyl (C=O) groups is 2. The first-order valence-corrected chi connectivity index (χ1v) is 12.4. The fraction of sp³-hybridized carbons (Fsp3) is 0.280. The molecule has 2 heterocycles. The van der Waals surface area contributed by atoms with Crippen molar-refractivity contribution >= 4 is 50.8 Å². The van der Waals surface area contributed by atoms with Gasteiger partial charge < -0.3 is 15.5 Å². The van der Waals surface area contributed by atoms with Gasteiger partial charge in [-0.3, -0.25) is 9.59 Å². The zero-order chi connectivity index (χ0) is 26.7. The predicted octanol–water partition coefficient (Wildman–Crippen LogP) is 5.98. The van der Waals surface area contributed by atoms with E-state index in [1.807, 2.05) is 0 Å². The fourth-order valence-corrected chi connectivity index (χ4v) is 4.32. The Labute approximate surface area is 218 Å². The largest absolute Gasteiger partial charge is 0.421 e. The standard InChI is InChI=1S/C25H22BrF4N5O2/c1-14-18-3-2-4-20(21(18)23(37)35(14)10-9-27)33-22-19(25(28,29)30)13-31-24(34-22)32-16-7-5-15(6-8-16)11-17(36)12-26/h2-8,13-14H,9-12H2,1H3,(H2,31,32,33,34). The number of amides is 1. The van der Waals surface area contributed by atoms with Gasteiger partial charge in [-0.2, -0.15) is 18.2 Å². The highest BCUT2D eigenvalue weighted by molar-refractivity contribution is 9.09. The Morgan fingerprint density at radius 2 is 1.86 bits per heavy atom. The number of aromatic nitrogens is 2. The van der Waals surface area contributed by atoms with Crippen molar-refractivity contribution in [2.75, 3.05) is 29.2 Å². The SMILES string of the molecule is CC1c2cccc(Nc3nc(Nc4ccc(CC(=O)CBr)cc4)ncc3C(F)(F)F)c2C(=O)N1CCF. The second kappa shape index (κ2) is 10.8. The van der Waals surface area contributed by atoms with E-state index in [1.54, 1.807) is 43.3 Å². The minimum atomic E-state index is -4.76. The number of ketones is 1. The third kappa shape index (κ3) is 5.74. The second-order valence-electron chi connectivity index (χ2n) is 8.38. The Kier molecular flexibility index (Phi) is 7.76. The van der Waals surface area contributed by atoms with Crippen molar-refractivity contribution in [1.29, 1.82) is 0 Å². The summed E-state index contributed by atoms with van der Waals surface area (Å²) < 4.78 is 54.3. The second-order valence-corrected chi connectivity index (χ2v) is 8.94. The Bertz CT molecular complexity index is 1320. The van der Waals surface area contributed by atoms with Crippen molar-refractivity contribution in [3.8, 4) is 0 Å². The van der Waals surface area contributed by atoms with Crippen molar-refractivity contribution in [3.63, 3.8) is 0 Å². The molecule has 1 aromatic heterocycles. The molecule has 1 atom stereocenters. The minimum Gasteiger partial charge on any atom is -0.339 e. The predicted molar refractivity (Wildman–Crippen MR) is 134 cm³/mol. The van der Waals surface area contributed by atoms with Gasteiger partial charge in [-0.15, -0.1) is 0 Å². The van der Waals surface area contributed by atoms with E-state index in [-0.39, 0.29) is 41.3 Å². The lowest BCUT2D eigenvalue weighted by Crippen LogP contribution is -2.28. The third-order valence-corrected chi connectivity index (χ3v) is 6.55. The first-order valence-electron chi connectivity index (χ1n) is 11.3. The van der Waals surface area contributed by atoms with Gasteiger partial charge >= 0.3 is 6.18 Å². The number of rotatable bonds is 9. The molecule has 12 heteroatoms. The minimum absolute atomic E-state index is 0.00980. The van der Waals surface area contributed by atoms with Gasteiger partial charge in [0.05, 0.1) is 22.6 Å². The number of fused-ring (bicyclic) bond motifs is 1. The topological polar surface area (TPSA) is 87.2 Å². The third-order valence-electron chi connectivity index (χ3n) is 5.92. The van der Waals surface area contributed by atoms with Gasteiger partial charge in [-0.25, -0.2) is 9.37 Å². The molecule has 1 aliphatic rings. The van der Waals surface area contributed by atoms with Crippen LogP contribution >= 0.6 is 15.9 Å². The van der Waals surface area contributed by atoms with Crippen LogP contribution in [0.15, 0.2) is 48.7 Å². The fourth-order valence-electron chi connectivity index (χ4n) is 4.12. The highest BCUT2D eigenvalue weighted by Crippen LogP contribution is 2.40. The number of anilines is 4. The van der Waals surface area contributed by atoms with E-state index in [9.17, 15) is 27.2 Å². The summed E-state index contributed by atoms with van der Waals surface area (Å²) in [6.45, 7) is 0.879. The number of Topliss-reactive ketones (excluding diaryl/α,β-unsaturated/α-hetero) is 1. The molecule has 0 radical (unpaired) electrons. The summed E-state index contributed by atoms with van der Waals surface area (Å²) in [5.74, 6) is -1.10. The van der Waals surface area contributed by atoms with Gasteiger partial charge in [-0.05, 0) is 36.2 Å². The van der Waals surface area contributed by atoms with Crippen molar-refractivity contribution < 1.29 is 27.2 Å². The maximum absolute atomic E-state index is 13.8. The molecule has 0 spiro atoms. The van der Waals surface area contributed by atoms with Crippen molar-refractivity contribution in [2.45, 2.75) is 25.6 Å². The molecule has 0 fully saturated rings. The van der Waals surface area contributed by atoms with Crippen LogP contribution < -0.4 is 10.6 Å². The van der Waals surface area contributed by atoms with Gasteiger partial charge in [0.2, 0.25) is 5.95 Å². The number of hydrogen-bond acceptors (Lipinski definition) is 6. The van der Waals surface area contributed by atoms with E-state index in [0.29, 0.717) is 17.4 Å². The van der Waals surface area contributed by atoms with Crippen LogP contribution in [0.3, 0.4) is 0 Å². The van der Waals surface area contributed by atoms with Crippen LogP contribution in [0.25, 0.3) is 0 Å².